The fourth-order valence-corrected chi connectivity index (χ4v) is 1.72. The Morgan fingerprint density at radius 1 is 1.77 bits per heavy atom. The highest BCUT2D eigenvalue weighted by Crippen LogP contribution is 2.18. The van der Waals surface area contributed by atoms with Gasteiger partial charge in [0.25, 0.3) is 0 Å². The Morgan fingerprint density at radius 3 is 3.08 bits per heavy atom. The van der Waals surface area contributed by atoms with Gasteiger partial charge >= 0.3 is 0 Å². The summed E-state index contributed by atoms with van der Waals surface area (Å²) in [4.78, 5) is 10.5. The summed E-state index contributed by atoms with van der Waals surface area (Å²) in [5, 5.41) is 16.1. The van der Waals surface area contributed by atoms with Crippen LogP contribution in [-0.4, -0.2) is 17.6 Å². The van der Waals surface area contributed by atoms with Crippen molar-refractivity contribution < 1.29 is 9.90 Å². The van der Waals surface area contributed by atoms with Crippen LogP contribution in [0.4, 0.5) is 0 Å². The number of aliphatic hydroxyl groups excluding tert-OH is 1. The highest BCUT2D eigenvalue weighted by molar-refractivity contribution is 7.07. The molecule has 3 nitrogen and oxygen atoms in total. The lowest BCUT2D eigenvalue weighted by molar-refractivity contribution is -0.119. The van der Waals surface area contributed by atoms with Crippen LogP contribution in [0.3, 0.4) is 0 Å². The summed E-state index contributed by atoms with van der Waals surface area (Å²) in [5.74, 6) is -0.0579. The van der Waals surface area contributed by atoms with Gasteiger partial charge in [-0.15, -0.1) is 0 Å². The van der Waals surface area contributed by atoms with Crippen molar-refractivity contribution in [2.45, 2.75) is 19.4 Å². The minimum Gasteiger partial charge on any atom is -0.388 e. The van der Waals surface area contributed by atoms with Crippen molar-refractivity contribution in [2.75, 3.05) is 6.54 Å². The standard InChI is InChI=1S/C9H13NO2S/c1-7(11)10-4-2-9(12)8-3-5-13-6-8/h3,5-6,9,12H,2,4H2,1H3,(H,10,11). The highest BCUT2D eigenvalue weighted by atomic mass is 32.1. The molecular weight excluding hydrogens is 186 g/mol. The Bertz CT molecular complexity index is 259. The summed E-state index contributed by atoms with van der Waals surface area (Å²) in [6.45, 7) is 1.99. The minimum absolute atomic E-state index is 0.0579. The molecular formula is C9H13NO2S. The van der Waals surface area contributed by atoms with Crippen molar-refractivity contribution >= 4 is 17.2 Å². The summed E-state index contributed by atoms with van der Waals surface area (Å²) in [6.07, 6.45) is 0.106. The van der Waals surface area contributed by atoms with E-state index in [1.165, 1.54) is 6.92 Å². The van der Waals surface area contributed by atoms with Crippen LogP contribution >= 0.6 is 11.3 Å². The first-order valence-corrected chi connectivity index (χ1v) is 5.09. The van der Waals surface area contributed by atoms with E-state index in [1.807, 2.05) is 16.8 Å². The summed E-state index contributed by atoms with van der Waals surface area (Å²) in [5.41, 5.74) is 0.926. The van der Waals surface area contributed by atoms with E-state index in [1.54, 1.807) is 11.3 Å². The molecule has 1 aromatic heterocycles. The lowest BCUT2D eigenvalue weighted by Crippen LogP contribution is -2.22. The quantitative estimate of drug-likeness (QED) is 0.768. The van der Waals surface area contributed by atoms with Crippen LogP contribution in [0.2, 0.25) is 0 Å². The summed E-state index contributed by atoms with van der Waals surface area (Å²) in [7, 11) is 0. The molecule has 0 fully saturated rings. The molecule has 1 amide bonds. The van der Waals surface area contributed by atoms with E-state index in [2.05, 4.69) is 5.32 Å². The summed E-state index contributed by atoms with van der Waals surface area (Å²) < 4.78 is 0. The summed E-state index contributed by atoms with van der Waals surface area (Å²) >= 11 is 1.56. The zero-order chi connectivity index (χ0) is 9.68. The van der Waals surface area contributed by atoms with Crippen LogP contribution in [0.25, 0.3) is 0 Å². The minimum atomic E-state index is -0.460. The predicted molar refractivity (Wildman–Crippen MR) is 52.6 cm³/mol. The first kappa shape index (κ1) is 10.2. The SMILES string of the molecule is CC(=O)NCCC(O)c1ccsc1. The maximum atomic E-state index is 10.5. The number of nitrogens with one attached hydrogen (secondary N) is 1. The number of carbonyl (C=O) groups excluding carboxylic acids is 1. The van der Waals surface area contributed by atoms with Crippen LogP contribution in [0.15, 0.2) is 16.8 Å². The molecule has 1 rings (SSSR count). The van der Waals surface area contributed by atoms with Gasteiger partial charge in [-0.3, -0.25) is 4.79 Å². The molecule has 2 N–H and O–H groups in total. The van der Waals surface area contributed by atoms with E-state index in [-0.39, 0.29) is 5.91 Å². The van der Waals surface area contributed by atoms with E-state index in [0.29, 0.717) is 13.0 Å². The van der Waals surface area contributed by atoms with Crippen molar-refractivity contribution in [1.29, 1.82) is 0 Å². The van der Waals surface area contributed by atoms with Gasteiger partial charge in [0.1, 0.15) is 0 Å². The Hall–Kier alpha value is -0.870. The highest BCUT2D eigenvalue weighted by Gasteiger charge is 2.06. The molecule has 1 heterocycles. The fraction of sp³-hybridized carbons (Fsp3) is 0.444. The van der Waals surface area contributed by atoms with Crippen LogP contribution in [-0.2, 0) is 4.79 Å². The lowest BCUT2D eigenvalue weighted by atomic mass is 10.1. The van der Waals surface area contributed by atoms with E-state index >= 15 is 0 Å². The lowest BCUT2D eigenvalue weighted by Gasteiger charge is -2.08. The zero-order valence-corrected chi connectivity index (χ0v) is 8.30. The number of carbonyl (C=O) groups is 1. The van der Waals surface area contributed by atoms with E-state index in [9.17, 15) is 9.90 Å². The van der Waals surface area contributed by atoms with Crippen molar-refractivity contribution in [3.63, 3.8) is 0 Å². The largest absolute Gasteiger partial charge is 0.388 e. The molecule has 0 aliphatic rings. The molecule has 0 aliphatic carbocycles. The van der Waals surface area contributed by atoms with E-state index in [4.69, 9.17) is 0 Å². The fourth-order valence-electron chi connectivity index (χ4n) is 1.02. The molecule has 0 radical (unpaired) electrons. The second kappa shape index (κ2) is 4.99. The first-order valence-electron chi connectivity index (χ1n) is 4.14. The summed E-state index contributed by atoms with van der Waals surface area (Å²) in [6, 6.07) is 1.89. The average Bonchev–Trinajstić information content (AvgIpc) is 2.55. The van der Waals surface area contributed by atoms with Crippen LogP contribution < -0.4 is 5.32 Å². The number of thiophene rings is 1. The predicted octanol–water partition coefficient (Wildman–Crippen LogP) is 1.31. The number of hydrogen-bond acceptors (Lipinski definition) is 3. The average molecular weight is 199 g/mol. The molecule has 0 aliphatic heterocycles. The topological polar surface area (TPSA) is 49.3 Å². The van der Waals surface area contributed by atoms with Crippen LogP contribution in [0.5, 0.6) is 0 Å². The molecule has 0 aromatic carbocycles. The number of rotatable bonds is 4. The van der Waals surface area contributed by atoms with Gasteiger partial charge < -0.3 is 10.4 Å². The van der Waals surface area contributed by atoms with E-state index < -0.39 is 6.10 Å². The monoisotopic (exact) mass is 199 g/mol. The number of hydrogen-bond donors (Lipinski definition) is 2. The van der Waals surface area contributed by atoms with E-state index in [0.717, 1.165) is 5.56 Å². The second-order valence-electron chi connectivity index (χ2n) is 2.84. The Kier molecular flexibility index (Phi) is 3.92. The van der Waals surface area contributed by atoms with Gasteiger partial charge in [0.2, 0.25) is 5.91 Å². The zero-order valence-electron chi connectivity index (χ0n) is 7.49. The van der Waals surface area contributed by atoms with Crippen LogP contribution in [0, 0.1) is 0 Å². The van der Waals surface area contributed by atoms with Gasteiger partial charge in [-0.05, 0) is 28.8 Å². The van der Waals surface area contributed by atoms with Gasteiger partial charge in [0, 0.05) is 13.5 Å². The van der Waals surface area contributed by atoms with Crippen molar-refractivity contribution in [1.82, 2.24) is 5.32 Å². The molecule has 4 heteroatoms. The Morgan fingerprint density at radius 2 is 2.54 bits per heavy atom. The number of amides is 1. The third kappa shape index (κ3) is 3.57. The van der Waals surface area contributed by atoms with Gasteiger partial charge in [0.05, 0.1) is 6.10 Å². The number of aliphatic hydroxyl groups is 1. The van der Waals surface area contributed by atoms with Gasteiger partial charge in [-0.1, -0.05) is 0 Å². The molecule has 0 bridgehead atoms. The molecule has 1 aromatic rings. The Balaban J connectivity index is 2.26. The van der Waals surface area contributed by atoms with Gasteiger partial charge in [-0.2, -0.15) is 11.3 Å². The third-order valence-electron chi connectivity index (χ3n) is 1.72. The molecule has 1 unspecified atom stereocenters. The van der Waals surface area contributed by atoms with Crippen molar-refractivity contribution in [3.05, 3.63) is 22.4 Å². The van der Waals surface area contributed by atoms with Gasteiger partial charge in [0.15, 0.2) is 0 Å². The van der Waals surface area contributed by atoms with Gasteiger partial charge in [-0.25, -0.2) is 0 Å². The Labute approximate surface area is 81.4 Å². The third-order valence-corrected chi connectivity index (χ3v) is 2.42. The molecule has 0 saturated carbocycles. The smallest absolute Gasteiger partial charge is 0.216 e. The molecule has 0 saturated heterocycles. The molecule has 13 heavy (non-hydrogen) atoms. The maximum Gasteiger partial charge on any atom is 0.216 e. The van der Waals surface area contributed by atoms with Crippen LogP contribution in [0.1, 0.15) is 25.0 Å². The first-order chi connectivity index (χ1) is 6.20. The maximum absolute atomic E-state index is 10.5. The molecule has 0 spiro atoms. The molecule has 1 atom stereocenters. The van der Waals surface area contributed by atoms with Crippen molar-refractivity contribution in [2.24, 2.45) is 0 Å². The normalized spacial score (nSPS) is 12.5. The van der Waals surface area contributed by atoms with Crippen molar-refractivity contribution in [3.8, 4) is 0 Å². The second-order valence-corrected chi connectivity index (χ2v) is 3.62. The molecule has 72 valence electrons.